The van der Waals surface area contributed by atoms with Gasteiger partial charge in [0, 0.05) is 5.56 Å². The smallest absolute Gasteiger partial charge is 0.201 e. The predicted molar refractivity (Wildman–Crippen MR) is 139 cm³/mol. The summed E-state index contributed by atoms with van der Waals surface area (Å²) < 4.78 is 31.6. The molecule has 0 aliphatic carbocycles. The summed E-state index contributed by atoms with van der Waals surface area (Å²) in [6, 6.07) is 18.1. The maximum atomic E-state index is 13.9. The first kappa shape index (κ1) is 24.7. The summed E-state index contributed by atoms with van der Waals surface area (Å²) >= 11 is 0. The molecule has 0 saturated heterocycles. The van der Waals surface area contributed by atoms with Gasteiger partial charge in [0.05, 0.1) is 36.3 Å². The van der Waals surface area contributed by atoms with E-state index in [9.17, 15) is 9.18 Å². The van der Waals surface area contributed by atoms with Crippen LogP contribution >= 0.6 is 0 Å². The minimum Gasteiger partial charge on any atom is -0.493 e. The van der Waals surface area contributed by atoms with Crippen LogP contribution in [0.15, 0.2) is 69.9 Å². The summed E-state index contributed by atoms with van der Waals surface area (Å²) in [7, 11) is 1.59. The highest BCUT2D eigenvalue weighted by molar-refractivity contribution is 5.87. The van der Waals surface area contributed by atoms with Crippen molar-refractivity contribution in [2.24, 2.45) is 5.92 Å². The third-order valence-corrected chi connectivity index (χ3v) is 5.77. The van der Waals surface area contributed by atoms with Gasteiger partial charge in [-0.3, -0.25) is 4.79 Å². The summed E-state index contributed by atoms with van der Waals surface area (Å²) in [5.41, 5.74) is 1.97. The van der Waals surface area contributed by atoms with Gasteiger partial charge in [-0.05, 0) is 66.5 Å². The van der Waals surface area contributed by atoms with Crippen LogP contribution in [0.1, 0.15) is 37.2 Å². The van der Waals surface area contributed by atoms with Crippen LogP contribution in [0.25, 0.3) is 34.2 Å². The van der Waals surface area contributed by atoms with E-state index in [1.54, 1.807) is 43.5 Å². The molecule has 0 N–H and O–H groups in total. The Morgan fingerprint density at radius 1 is 1.08 bits per heavy atom. The minimum absolute atomic E-state index is 0.144. The van der Waals surface area contributed by atoms with E-state index in [1.807, 2.05) is 18.2 Å². The molecule has 4 rings (SSSR count). The van der Waals surface area contributed by atoms with Gasteiger partial charge in [-0.15, -0.1) is 0 Å². The lowest BCUT2D eigenvalue weighted by atomic mass is 10.00. The van der Waals surface area contributed by atoms with Crippen LogP contribution < -0.4 is 14.9 Å². The lowest BCUT2D eigenvalue weighted by molar-refractivity contribution is 0.272. The Bertz CT molecular complexity index is 1510. The van der Waals surface area contributed by atoms with Gasteiger partial charge in [0.1, 0.15) is 17.2 Å². The Hall–Kier alpha value is -4.37. The molecule has 36 heavy (non-hydrogen) atoms. The molecular formula is C30H26FNO4. The molecule has 0 bridgehead atoms. The molecule has 182 valence electrons. The fraction of sp³-hybridized carbons (Fsp3) is 0.200. The average molecular weight is 484 g/mol. The highest BCUT2D eigenvalue weighted by Gasteiger charge is 2.16. The molecule has 0 saturated carbocycles. The zero-order chi connectivity index (χ0) is 25.7. The Morgan fingerprint density at radius 3 is 2.56 bits per heavy atom. The maximum absolute atomic E-state index is 13.9. The highest BCUT2D eigenvalue weighted by atomic mass is 19.1. The Labute approximate surface area is 209 Å². The van der Waals surface area contributed by atoms with Crippen molar-refractivity contribution in [3.8, 4) is 28.7 Å². The summed E-state index contributed by atoms with van der Waals surface area (Å²) in [6.07, 6.45) is 4.38. The number of rotatable bonds is 8. The zero-order valence-electron chi connectivity index (χ0n) is 20.4. The van der Waals surface area contributed by atoms with Gasteiger partial charge in [0.15, 0.2) is 11.5 Å². The summed E-state index contributed by atoms with van der Waals surface area (Å²) in [4.78, 5) is 13.5. The third kappa shape index (κ3) is 5.31. The van der Waals surface area contributed by atoms with E-state index in [-0.39, 0.29) is 22.0 Å². The molecule has 4 aromatic rings. The summed E-state index contributed by atoms with van der Waals surface area (Å²) in [5.74, 6) is 1.47. The number of halogens is 1. The molecule has 0 aliphatic heterocycles. The van der Waals surface area contributed by atoms with Crippen LogP contribution in [-0.2, 0) is 0 Å². The number of hydrogen-bond acceptors (Lipinski definition) is 5. The van der Waals surface area contributed by atoms with E-state index in [2.05, 4.69) is 19.9 Å². The molecule has 5 nitrogen and oxygen atoms in total. The van der Waals surface area contributed by atoms with Crippen molar-refractivity contribution in [2.45, 2.75) is 20.3 Å². The van der Waals surface area contributed by atoms with Crippen molar-refractivity contribution in [1.29, 1.82) is 5.26 Å². The lowest BCUT2D eigenvalue weighted by Gasteiger charge is -2.14. The summed E-state index contributed by atoms with van der Waals surface area (Å²) in [5, 5.41) is 9.29. The van der Waals surface area contributed by atoms with E-state index in [0.717, 1.165) is 12.0 Å². The molecule has 0 spiro atoms. The van der Waals surface area contributed by atoms with Gasteiger partial charge >= 0.3 is 0 Å². The van der Waals surface area contributed by atoms with E-state index < -0.39 is 5.82 Å². The molecule has 0 fully saturated rings. The third-order valence-electron chi connectivity index (χ3n) is 5.77. The average Bonchev–Trinajstić information content (AvgIpc) is 2.88. The molecule has 1 heterocycles. The number of methoxy groups -OCH3 is 1. The number of nitriles is 1. The van der Waals surface area contributed by atoms with E-state index in [0.29, 0.717) is 40.9 Å². The lowest BCUT2D eigenvalue weighted by Crippen LogP contribution is -2.08. The second kappa shape index (κ2) is 10.9. The predicted octanol–water partition coefficient (Wildman–Crippen LogP) is 7.07. The number of benzene rings is 3. The van der Waals surface area contributed by atoms with Gasteiger partial charge in [0.25, 0.3) is 0 Å². The van der Waals surface area contributed by atoms with Crippen molar-refractivity contribution >= 4 is 23.1 Å². The van der Waals surface area contributed by atoms with Crippen molar-refractivity contribution in [3.63, 3.8) is 0 Å². The van der Waals surface area contributed by atoms with Crippen molar-refractivity contribution < 1.29 is 18.3 Å². The first-order valence-electron chi connectivity index (χ1n) is 11.7. The van der Waals surface area contributed by atoms with Crippen LogP contribution in [0.4, 0.5) is 4.39 Å². The Morgan fingerprint density at radius 2 is 1.86 bits per heavy atom. The number of nitrogens with zero attached hydrogens (tertiary/aromatic N) is 1. The molecule has 0 atom stereocenters. The van der Waals surface area contributed by atoms with E-state index in [4.69, 9.17) is 19.2 Å². The van der Waals surface area contributed by atoms with Gasteiger partial charge in [-0.2, -0.15) is 5.26 Å². The second-order valence-corrected chi connectivity index (χ2v) is 8.74. The molecule has 0 radical (unpaired) electrons. The normalized spacial score (nSPS) is 11.2. The molecule has 0 aliphatic rings. The van der Waals surface area contributed by atoms with Crippen LogP contribution in [0.5, 0.6) is 11.5 Å². The monoisotopic (exact) mass is 483 g/mol. The van der Waals surface area contributed by atoms with Crippen molar-refractivity contribution in [1.82, 2.24) is 0 Å². The van der Waals surface area contributed by atoms with Crippen LogP contribution in [-0.4, -0.2) is 13.7 Å². The highest BCUT2D eigenvalue weighted by Crippen LogP contribution is 2.34. The van der Waals surface area contributed by atoms with Gasteiger partial charge in [0.2, 0.25) is 5.43 Å². The van der Waals surface area contributed by atoms with Crippen molar-refractivity contribution in [2.75, 3.05) is 13.7 Å². The zero-order valence-corrected chi connectivity index (χ0v) is 20.4. The summed E-state index contributed by atoms with van der Waals surface area (Å²) in [6.45, 7) is 4.79. The van der Waals surface area contributed by atoms with Gasteiger partial charge in [-0.25, -0.2) is 4.39 Å². The number of hydrogen-bond donors (Lipinski definition) is 0. The first-order valence-corrected chi connectivity index (χ1v) is 11.7. The number of fused-ring (bicyclic) bond motifs is 1. The fourth-order valence-electron chi connectivity index (χ4n) is 3.83. The van der Waals surface area contributed by atoms with Crippen LogP contribution in [0.3, 0.4) is 0 Å². The quantitative estimate of drug-likeness (QED) is 0.268. The SMILES string of the molecule is COc1cccc(/C=C/c2oc3ccc(F)cc3c(=O)c2-c2ccc(C#N)cc2)c1OCCC(C)C. The minimum atomic E-state index is -0.525. The molecule has 1 aromatic heterocycles. The molecule has 0 unspecified atom stereocenters. The Balaban J connectivity index is 1.85. The molecule has 3 aromatic carbocycles. The number of para-hydroxylation sites is 1. The fourth-order valence-corrected chi connectivity index (χ4v) is 3.83. The van der Waals surface area contributed by atoms with Gasteiger partial charge < -0.3 is 13.9 Å². The van der Waals surface area contributed by atoms with Crippen molar-refractivity contribution in [3.05, 3.63) is 93.6 Å². The largest absolute Gasteiger partial charge is 0.493 e. The topological polar surface area (TPSA) is 72.5 Å². The Kier molecular flexibility index (Phi) is 7.50. The standard InChI is InChI=1S/C30H26FNO4/c1-19(2)15-16-35-30-22(5-4-6-27(30)34-3)11-13-26-28(21-9-7-20(18-32)8-10-21)29(33)24-17-23(31)12-14-25(24)36-26/h4-14,17,19H,15-16H2,1-3H3/b13-11+. The maximum Gasteiger partial charge on any atom is 0.201 e. The van der Waals surface area contributed by atoms with Gasteiger partial charge in [-0.1, -0.05) is 38.1 Å². The van der Waals surface area contributed by atoms with E-state index >= 15 is 0 Å². The van der Waals surface area contributed by atoms with Crippen LogP contribution in [0, 0.1) is 23.1 Å². The number of ether oxygens (including phenoxy) is 2. The second-order valence-electron chi connectivity index (χ2n) is 8.74. The molecule has 0 amide bonds. The van der Waals surface area contributed by atoms with Crippen LogP contribution in [0.2, 0.25) is 0 Å². The van der Waals surface area contributed by atoms with E-state index in [1.165, 1.54) is 18.2 Å². The molecular weight excluding hydrogens is 457 g/mol. The molecule has 6 heteroatoms. The first-order chi connectivity index (χ1) is 17.4.